The molecule has 5 nitrogen and oxygen atoms in total. The Hall–Kier alpha value is -3.73. The summed E-state index contributed by atoms with van der Waals surface area (Å²) in [7, 11) is 1.62. The summed E-state index contributed by atoms with van der Waals surface area (Å²) in [5.74, 6) is 2.25. The molecule has 0 unspecified atom stereocenters. The molecule has 5 heteroatoms. The lowest BCUT2D eigenvalue weighted by Gasteiger charge is -2.08. The van der Waals surface area contributed by atoms with Crippen LogP contribution in [-0.2, 0) is 0 Å². The highest BCUT2D eigenvalue weighted by atomic mass is 16.5. The molecule has 3 aromatic carbocycles. The Morgan fingerprint density at radius 2 is 1.44 bits per heavy atom. The van der Waals surface area contributed by atoms with Gasteiger partial charge in [-0.05, 0) is 60.2 Å². The van der Waals surface area contributed by atoms with Gasteiger partial charge in [0.2, 0.25) is 0 Å². The van der Waals surface area contributed by atoms with Crippen molar-refractivity contribution in [1.82, 2.24) is 5.32 Å². The molecule has 0 bridgehead atoms. The first-order chi connectivity index (χ1) is 13.2. The normalized spacial score (nSPS) is 10.4. The third kappa shape index (κ3) is 5.64. The van der Waals surface area contributed by atoms with E-state index in [1.807, 2.05) is 54.6 Å². The van der Waals surface area contributed by atoms with E-state index in [1.54, 1.807) is 43.7 Å². The topological polar surface area (TPSA) is 59.6 Å². The average molecular weight is 360 g/mol. The second kappa shape index (κ2) is 9.10. The standard InChI is InChI=1S/C22H20N2O3/c1-26-19-11-7-17(8-12-19)15-16-23-22(25)24-18-9-13-21(14-10-18)27-20-5-3-2-4-6-20/h2-16H,1H3,(H2,23,24,25)/b16-15+. The van der Waals surface area contributed by atoms with Crippen LogP contribution < -0.4 is 20.1 Å². The quantitative estimate of drug-likeness (QED) is 0.629. The number of para-hydroxylation sites is 1. The molecular formula is C22H20N2O3. The van der Waals surface area contributed by atoms with Gasteiger partial charge < -0.3 is 20.1 Å². The summed E-state index contributed by atoms with van der Waals surface area (Å²) in [6, 6.07) is 23.9. The molecule has 0 saturated carbocycles. The van der Waals surface area contributed by atoms with Crippen LogP contribution in [0.2, 0.25) is 0 Å². The van der Waals surface area contributed by atoms with Crippen LogP contribution in [0.1, 0.15) is 5.56 Å². The molecular weight excluding hydrogens is 340 g/mol. The first-order valence-electron chi connectivity index (χ1n) is 8.44. The third-order valence-corrected chi connectivity index (χ3v) is 3.70. The molecule has 0 fully saturated rings. The van der Waals surface area contributed by atoms with E-state index < -0.39 is 0 Å². The Labute approximate surface area is 158 Å². The molecule has 0 heterocycles. The van der Waals surface area contributed by atoms with Gasteiger partial charge in [0.15, 0.2) is 0 Å². The summed E-state index contributed by atoms with van der Waals surface area (Å²) >= 11 is 0. The van der Waals surface area contributed by atoms with Crippen LogP contribution in [0, 0.1) is 0 Å². The van der Waals surface area contributed by atoms with Crippen molar-refractivity contribution in [3.63, 3.8) is 0 Å². The Morgan fingerprint density at radius 3 is 2.11 bits per heavy atom. The van der Waals surface area contributed by atoms with Gasteiger partial charge in [-0.2, -0.15) is 0 Å². The van der Waals surface area contributed by atoms with Gasteiger partial charge in [0.25, 0.3) is 0 Å². The van der Waals surface area contributed by atoms with Gasteiger partial charge in [-0.15, -0.1) is 0 Å². The number of urea groups is 1. The molecule has 0 aromatic heterocycles. The van der Waals surface area contributed by atoms with E-state index >= 15 is 0 Å². The highest BCUT2D eigenvalue weighted by Crippen LogP contribution is 2.22. The van der Waals surface area contributed by atoms with Crippen molar-refractivity contribution in [2.45, 2.75) is 0 Å². The SMILES string of the molecule is COc1ccc(/C=C/NC(=O)Nc2ccc(Oc3ccccc3)cc2)cc1. The number of ether oxygens (including phenoxy) is 2. The number of methoxy groups -OCH3 is 1. The lowest BCUT2D eigenvalue weighted by atomic mass is 10.2. The summed E-state index contributed by atoms with van der Waals surface area (Å²) < 4.78 is 10.8. The number of amides is 2. The zero-order valence-electron chi connectivity index (χ0n) is 14.9. The van der Waals surface area contributed by atoms with Crippen molar-refractivity contribution in [1.29, 1.82) is 0 Å². The van der Waals surface area contributed by atoms with Gasteiger partial charge in [0.05, 0.1) is 7.11 Å². The van der Waals surface area contributed by atoms with Crippen molar-refractivity contribution in [2.24, 2.45) is 0 Å². The molecule has 3 rings (SSSR count). The Bertz CT molecular complexity index is 889. The van der Waals surface area contributed by atoms with Crippen LogP contribution in [0.25, 0.3) is 6.08 Å². The number of hydrogen-bond acceptors (Lipinski definition) is 3. The second-order valence-electron chi connectivity index (χ2n) is 5.64. The maximum absolute atomic E-state index is 12.0. The number of carbonyl (C=O) groups is 1. The Kier molecular flexibility index (Phi) is 6.09. The monoisotopic (exact) mass is 360 g/mol. The fraction of sp³-hybridized carbons (Fsp3) is 0.0455. The largest absolute Gasteiger partial charge is 0.497 e. The molecule has 2 amide bonds. The van der Waals surface area contributed by atoms with Crippen LogP contribution in [0.5, 0.6) is 17.2 Å². The Morgan fingerprint density at radius 1 is 0.815 bits per heavy atom. The lowest BCUT2D eigenvalue weighted by Crippen LogP contribution is -2.23. The van der Waals surface area contributed by atoms with E-state index in [2.05, 4.69) is 10.6 Å². The highest BCUT2D eigenvalue weighted by Gasteiger charge is 2.01. The summed E-state index contributed by atoms with van der Waals surface area (Å²) in [6.45, 7) is 0. The summed E-state index contributed by atoms with van der Waals surface area (Å²) in [5, 5.41) is 5.43. The van der Waals surface area contributed by atoms with Crippen molar-refractivity contribution in [3.8, 4) is 17.2 Å². The van der Waals surface area contributed by atoms with Gasteiger partial charge >= 0.3 is 6.03 Å². The van der Waals surface area contributed by atoms with E-state index in [0.717, 1.165) is 17.1 Å². The fourth-order valence-corrected chi connectivity index (χ4v) is 2.33. The zero-order valence-corrected chi connectivity index (χ0v) is 14.9. The molecule has 136 valence electrons. The molecule has 0 aliphatic carbocycles. The van der Waals surface area contributed by atoms with Crippen LogP contribution in [0.4, 0.5) is 10.5 Å². The molecule has 0 radical (unpaired) electrons. The molecule has 0 saturated heterocycles. The fourth-order valence-electron chi connectivity index (χ4n) is 2.33. The number of nitrogens with one attached hydrogen (secondary N) is 2. The molecule has 27 heavy (non-hydrogen) atoms. The molecule has 2 N–H and O–H groups in total. The minimum atomic E-state index is -0.323. The highest BCUT2D eigenvalue weighted by molar-refractivity contribution is 5.90. The van der Waals surface area contributed by atoms with Gasteiger partial charge in [-0.3, -0.25) is 0 Å². The smallest absolute Gasteiger partial charge is 0.323 e. The molecule has 0 aliphatic heterocycles. The maximum Gasteiger partial charge on any atom is 0.323 e. The van der Waals surface area contributed by atoms with Gasteiger partial charge in [0, 0.05) is 11.9 Å². The number of anilines is 1. The predicted octanol–water partition coefficient (Wildman–Crippen LogP) is 5.28. The van der Waals surface area contributed by atoms with Crippen molar-refractivity contribution < 1.29 is 14.3 Å². The van der Waals surface area contributed by atoms with Gasteiger partial charge in [-0.1, -0.05) is 30.3 Å². The maximum atomic E-state index is 12.0. The molecule has 3 aromatic rings. The predicted molar refractivity (Wildman–Crippen MR) is 107 cm³/mol. The third-order valence-electron chi connectivity index (χ3n) is 3.70. The second-order valence-corrected chi connectivity index (χ2v) is 5.64. The summed E-state index contributed by atoms with van der Waals surface area (Å²) in [5.41, 5.74) is 1.63. The molecule has 0 atom stereocenters. The minimum Gasteiger partial charge on any atom is -0.497 e. The van der Waals surface area contributed by atoms with Gasteiger partial charge in [0.1, 0.15) is 17.2 Å². The van der Waals surface area contributed by atoms with Crippen molar-refractivity contribution >= 4 is 17.8 Å². The van der Waals surface area contributed by atoms with Crippen LogP contribution in [-0.4, -0.2) is 13.1 Å². The van der Waals surface area contributed by atoms with E-state index in [4.69, 9.17) is 9.47 Å². The average Bonchev–Trinajstić information content (AvgIpc) is 2.71. The number of benzene rings is 3. The van der Waals surface area contributed by atoms with Crippen molar-refractivity contribution in [2.75, 3.05) is 12.4 Å². The van der Waals surface area contributed by atoms with E-state index in [0.29, 0.717) is 11.4 Å². The van der Waals surface area contributed by atoms with Crippen LogP contribution >= 0.6 is 0 Å². The Balaban J connectivity index is 1.49. The zero-order chi connectivity index (χ0) is 18.9. The first kappa shape index (κ1) is 18.1. The summed E-state index contributed by atoms with van der Waals surface area (Å²) in [4.78, 5) is 12.0. The summed E-state index contributed by atoms with van der Waals surface area (Å²) in [6.07, 6.45) is 3.39. The van der Waals surface area contributed by atoms with E-state index in [-0.39, 0.29) is 6.03 Å². The molecule has 0 spiro atoms. The van der Waals surface area contributed by atoms with Gasteiger partial charge in [-0.25, -0.2) is 4.79 Å². The first-order valence-corrected chi connectivity index (χ1v) is 8.44. The van der Waals surface area contributed by atoms with E-state index in [1.165, 1.54) is 0 Å². The number of rotatable bonds is 6. The van der Waals surface area contributed by atoms with Crippen molar-refractivity contribution in [3.05, 3.63) is 90.6 Å². The van der Waals surface area contributed by atoms with E-state index in [9.17, 15) is 4.79 Å². The molecule has 0 aliphatic rings. The lowest BCUT2D eigenvalue weighted by molar-refractivity contribution is 0.255. The number of carbonyl (C=O) groups excluding carboxylic acids is 1. The van der Waals surface area contributed by atoms with Crippen LogP contribution in [0.3, 0.4) is 0 Å². The number of hydrogen-bond donors (Lipinski definition) is 2. The van der Waals surface area contributed by atoms with Crippen LogP contribution in [0.15, 0.2) is 85.1 Å². The minimum absolute atomic E-state index is 0.323.